The number of anilines is 1. The Labute approximate surface area is 133 Å². The molecule has 0 aromatic heterocycles. The van der Waals surface area contributed by atoms with Gasteiger partial charge in [-0.05, 0) is 41.1 Å². The molecule has 3 aromatic rings. The quantitative estimate of drug-likeness (QED) is 0.757. The molecule has 0 saturated carbocycles. The molecule has 0 bridgehead atoms. The van der Waals surface area contributed by atoms with Gasteiger partial charge in [0, 0.05) is 10.7 Å². The average Bonchev–Trinajstić information content (AvgIpc) is 2.53. The van der Waals surface area contributed by atoms with Crippen LogP contribution in [-0.2, 0) is 0 Å². The molecule has 3 nitrogen and oxygen atoms in total. The van der Waals surface area contributed by atoms with Crippen LogP contribution in [0, 0.1) is 0 Å². The lowest BCUT2D eigenvalue weighted by Crippen LogP contribution is -2.13. The lowest BCUT2D eigenvalue weighted by molar-refractivity contribution is 0.102. The van der Waals surface area contributed by atoms with Crippen LogP contribution in [0.4, 0.5) is 5.69 Å². The Morgan fingerprint density at radius 3 is 2.41 bits per heavy atom. The van der Waals surface area contributed by atoms with Gasteiger partial charge in [-0.2, -0.15) is 0 Å². The summed E-state index contributed by atoms with van der Waals surface area (Å²) in [6.45, 7) is 0. The minimum absolute atomic E-state index is 0.232. The second-order valence-electron chi connectivity index (χ2n) is 4.86. The molecule has 4 heteroatoms. The summed E-state index contributed by atoms with van der Waals surface area (Å²) in [4.78, 5) is 12.5. The molecule has 1 amide bonds. The van der Waals surface area contributed by atoms with Crippen molar-refractivity contribution in [3.8, 4) is 5.75 Å². The van der Waals surface area contributed by atoms with E-state index in [1.165, 1.54) is 0 Å². The number of nitrogens with one attached hydrogen (secondary N) is 1. The number of hydrogen-bond acceptors (Lipinski definition) is 2. The van der Waals surface area contributed by atoms with E-state index in [2.05, 4.69) is 5.32 Å². The first kappa shape index (κ1) is 14.4. The monoisotopic (exact) mass is 311 g/mol. The molecule has 0 spiro atoms. The Hall–Kier alpha value is -2.52. The first-order valence-electron chi connectivity index (χ1n) is 6.81. The molecule has 0 atom stereocenters. The molecule has 0 aliphatic carbocycles. The van der Waals surface area contributed by atoms with Crippen LogP contribution in [0.5, 0.6) is 5.75 Å². The van der Waals surface area contributed by atoms with Crippen LogP contribution >= 0.6 is 11.6 Å². The Kier molecular flexibility index (Phi) is 3.98. The fourth-order valence-electron chi connectivity index (χ4n) is 2.33. The van der Waals surface area contributed by atoms with E-state index in [0.29, 0.717) is 22.0 Å². The van der Waals surface area contributed by atoms with Crippen molar-refractivity contribution in [2.75, 3.05) is 12.4 Å². The molecule has 0 aliphatic heterocycles. The standard InChI is InChI=1S/C18H14ClNO2/c1-22-17-10-13-6-3-2-5-12(13)9-16(17)18(21)20-15-8-4-7-14(19)11-15/h2-11H,1H3,(H,20,21). The van der Waals surface area contributed by atoms with Gasteiger partial charge in [0.25, 0.3) is 5.91 Å². The smallest absolute Gasteiger partial charge is 0.259 e. The van der Waals surface area contributed by atoms with E-state index < -0.39 is 0 Å². The lowest BCUT2D eigenvalue weighted by atomic mass is 10.1. The maximum Gasteiger partial charge on any atom is 0.259 e. The highest BCUT2D eigenvalue weighted by atomic mass is 35.5. The lowest BCUT2D eigenvalue weighted by Gasteiger charge is -2.11. The summed E-state index contributed by atoms with van der Waals surface area (Å²) >= 11 is 5.93. The number of benzene rings is 3. The Balaban J connectivity index is 1.99. The van der Waals surface area contributed by atoms with Gasteiger partial charge in [0.15, 0.2) is 0 Å². The van der Waals surface area contributed by atoms with Crippen LogP contribution < -0.4 is 10.1 Å². The summed E-state index contributed by atoms with van der Waals surface area (Å²) in [7, 11) is 1.56. The number of ether oxygens (including phenoxy) is 1. The molecule has 0 fully saturated rings. The van der Waals surface area contributed by atoms with Crippen molar-refractivity contribution in [2.24, 2.45) is 0 Å². The van der Waals surface area contributed by atoms with Gasteiger partial charge >= 0.3 is 0 Å². The van der Waals surface area contributed by atoms with Crippen molar-refractivity contribution >= 4 is 34.0 Å². The van der Waals surface area contributed by atoms with E-state index in [-0.39, 0.29) is 5.91 Å². The maximum atomic E-state index is 12.5. The van der Waals surface area contributed by atoms with Gasteiger partial charge in [0.05, 0.1) is 12.7 Å². The number of rotatable bonds is 3. The number of amides is 1. The van der Waals surface area contributed by atoms with Crippen molar-refractivity contribution in [1.29, 1.82) is 0 Å². The third-order valence-corrected chi connectivity index (χ3v) is 3.63. The zero-order valence-electron chi connectivity index (χ0n) is 12.0. The fourth-order valence-corrected chi connectivity index (χ4v) is 2.52. The predicted molar refractivity (Wildman–Crippen MR) is 89.9 cm³/mol. The molecule has 1 N–H and O–H groups in total. The largest absolute Gasteiger partial charge is 0.496 e. The van der Waals surface area contributed by atoms with Crippen LogP contribution in [0.25, 0.3) is 10.8 Å². The molecule has 110 valence electrons. The van der Waals surface area contributed by atoms with Gasteiger partial charge in [0.1, 0.15) is 5.75 Å². The van der Waals surface area contributed by atoms with Gasteiger partial charge in [-0.1, -0.05) is 41.9 Å². The number of methoxy groups -OCH3 is 1. The van der Waals surface area contributed by atoms with Crippen molar-refractivity contribution < 1.29 is 9.53 Å². The normalized spacial score (nSPS) is 10.5. The molecule has 0 aliphatic rings. The van der Waals surface area contributed by atoms with Gasteiger partial charge in [0.2, 0.25) is 0 Å². The molecule has 22 heavy (non-hydrogen) atoms. The first-order chi connectivity index (χ1) is 10.7. The van der Waals surface area contributed by atoms with Gasteiger partial charge in [-0.15, -0.1) is 0 Å². The minimum atomic E-state index is -0.232. The Morgan fingerprint density at radius 1 is 1.00 bits per heavy atom. The second-order valence-corrected chi connectivity index (χ2v) is 5.30. The number of hydrogen-bond donors (Lipinski definition) is 1. The Morgan fingerprint density at radius 2 is 1.73 bits per heavy atom. The van der Waals surface area contributed by atoms with E-state index in [9.17, 15) is 4.79 Å². The Bertz CT molecular complexity index is 845. The van der Waals surface area contributed by atoms with Gasteiger partial charge in [-0.3, -0.25) is 4.79 Å². The molecular formula is C18H14ClNO2. The van der Waals surface area contributed by atoms with E-state index in [4.69, 9.17) is 16.3 Å². The van der Waals surface area contributed by atoms with Crippen molar-refractivity contribution in [3.05, 3.63) is 71.2 Å². The number of fused-ring (bicyclic) bond motifs is 1. The molecule has 0 heterocycles. The van der Waals surface area contributed by atoms with Crippen molar-refractivity contribution in [2.45, 2.75) is 0 Å². The molecule has 3 rings (SSSR count). The van der Waals surface area contributed by atoms with Crippen molar-refractivity contribution in [1.82, 2.24) is 0 Å². The van der Waals surface area contributed by atoms with Gasteiger partial charge < -0.3 is 10.1 Å². The van der Waals surface area contributed by atoms with Crippen molar-refractivity contribution in [3.63, 3.8) is 0 Å². The summed E-state index contributed by atoms with van der Waals surface area (Å²) < 4.78 is 5.35. The number of carbonyl (C=O) groups is 1. The number of halogens is 1. The second kappa shape index (κ2) is 6.08. The van der Waals surface area contributed by atoms with Gasteiger partial charge in [-0.25, -0.2) is 0 Å². The predicted octanol–water partition coefficient (Wildman–Crippen LogP) is 4.75. The zero-order valence-corrected chi connectivity index (χ0v) is 12.7. The van der Waals surface area contributed by atoms with E-state index in [0.717, 1.165) is 10.8 Å². The first-order valence-corrected chi connectivity index (χ1v) is 7.19. The molecular weight excluding hydrogens is 298 g/mol. The molecule has 0 saturated heterocycles. The van der Waals surface area contributed by atoms with Crippen LogP contribution in [0.3, 0.4) is 0 Å². The summed E-state index contributed by atoms with van der Waals surface area (Å²) in [5.41, 5.74) is 1.13. The van der Waals surface area contributed by atoms with Crippen LogP contribution in [0.2, 0.25) is 5.02 Å². The highest BCUT2D eigenvalue weighted by Gasteiger charge is 2.14. The highest BCUT2D eigenvalue weighted by Crippen LogP contribution is 2.27. The SMILES string of the molecule is COc1cc2ccccc2cc1C(=O)Nc1cccc(Cl)c1. The summed E-state index contributed by atoms with van der Waals surface area (Å²) in [5.74, 6) is 0.308. The van der Waals surface area contributed by atoms with Crippen LogP contribution in [0.15, 0.2) is 60.7 Å². The van der Waals surface area contributed by atoms with Crippen LogP contribution in [0.1, 0.15) is 10.4 Å². The summed E-state index contributed by atoms with van der Waals surface area (Å²) in [5, 5.41) is 5.42. The zero-order chi connectivity index (χ0) is 15.5. The summed E-state index contributed by atoms with van der Waals surface area (Å²) in [6, 6.07) is 18.6. The molecule has 0 unspecified atom stereocenters. The average molecular weight is 312 g/mol. The fraction of sp³-hybridized carbons (Fsp3) is 0.0556. The third kappa shape index (κ3) is 2.90. The topological polar surface area (TPSA) is 38.3 Å². The molecule has 3 aromatic carbocycles. The van der Waals surface area contributed by atoms with Crippen LogP contribution in [-0.4, -0.2) is 13.0 Å². The third-order valence-electron chi connectivity index (χ3n) is 3.39. The van der Waals surface area contributed by atoms with E-state index in [1.807, 2.05) is 36.4 Å². The van der Waals surface area contributed by atoms with E-state index >= 15 is 0 Å². The molecule has 0 radical (unpaired) electrons. The minimum Gasteiger partial charge on any atom is -0.496 e. The van der Waals surface area contributed by atoms with E-state index in [1.54, 1.807) is 31.4 Å². The highest BCUT2D eigenvalue weighted by molar-refractivity contribution is 6.31. The maximum absolute atomic E-state index is 12.5. The summed E-state index contributed by atoms with van der Waals surface area (Å²) in [6.07, 6.45) is 0. The number of carbonyl (C=O) groups excluding carboxylic acids is 1.